The van der Waals surface area contributed by atoms with Gasteiger partial charge in [0.2, 0.25) is 5.91 Å². The van der Waals surface area contributed by atoms with E-state index in [2.05, 4.69) is 5.32 Å². The zero-order valence-electron chi connectivity index (χ0n) is 15.9. The van der Waals surface area contributed by atoms with Crippen molar-refractivity contribution >= 4 is 40.1 Å². The van der Waals surface area contributed by atoms with Gasteiger partial charge in [-0.05, 0) is 37.3 Å². The number of aryl methyl sites for hydroxylation is 1. The molecule has 0 atom stereocenters. The molecule has 8 heteroatoms. The Balaban J connectivity index is 1.87. The van der Waals surface area contributed by atoms with E-state index in [9.17, 15) is 14.4 Å². The van der Waals surface area contributed by atoms with Gasteiger partial charge >= 0.3 is 5.69 Å². The molecular formula is C20H21ClN4O3. The molecule has 7 nitrogen and oxygen atoms in total. The Kier molecular flexibility index (Phi) is 5.56. The smallest absolute Gasteiger partial charge is 0.329 e. The highest BCUT2D eigenvalue weighted by Crippen LogP contribution is 2.22. The second-order valence-corrected chi connectivity index (χ2v) is 6.95. The number of hydrogen-bond donors (Lipinski definition) is 1. The number of rotatable bonds is 5. The van der Waals surface area contributed by atoms with Crippen molar-refractivity contribution in [2.45, 2.75) is 20.0 Å². The molecule has 0 unspecified atom stereocenters. The number of halogens is 1. The number of benzene rings is 2. The molecule has 0 bridgehead atoms. The summed E-state index contributed by atoms with van der Waals surface area (Å²) in [5, 5.41) is 3.04. The molecule has 0 aliphatic carbocycles. The van der Waals surface area contributed by atoms with Gasteiger partial charge in [-0.2, -0.15) is 0 Å². The number of fused-ring (bicyclic) bond motifs is 1. The third-order valence-electron chi connectivity index (χ3n) is 4.43. The molecule has 1 heterocycles. The summed E-state index contributed by atoms with van der Waals surface area (Å²) < 4.78 is 3.06. The van der Waals surface area contributed by atoms with Crippen molar-refractivity contribution < 1.29 is 9.59 Å². The highest BCUT2D eigenvalue weighted by atomic mass is 35.5. The Hall–Kier alpha value is -3.06. The molecule has 2 aromatic carbocycles. The van der Waals surface area contributed by atoms with E-state index < -0.39 is 0 Å². The monoisotopic (exact) mass is 400 g/mol. The third-order valence-corrected chi connectivity index (χ3v) is 4.76. The fourth-order valence-electron chi connectivity index (χ4n) is 3.08. The lowest BCUT2D eigenvalue weighted by atomic mass is 10.1. The van der Waals surface area contributed by atoms with Crippen LogP contribution < -0.4 is 11.0 Å². The van der Waals surface area contributed by atoms with E-state index in [-0.39, 0.29) is 24.0 Å². The van der Waals surface area contributed by atoms with Crippen LogP contribution >= 0.6 is 11.6 Å². The molecule has 0 spiro atoms. The van der Waals surface area contributed by atoms with Gasteiger partial charge < -0.3 is 10.2 Å². The van der Waals surface area contributed by atoms with Crippen LogP contribution in [-0.4, -0.2) is 39.9 Å². The molecule has 2 amide bonds. The molecule has 1 N–H and O–H groups in total. The van der Waals surface area contributed by atoms with Gasteiger partial charge in [-0.25, -0.2) is 4.79 Å². The van der Waals surface area contributed by atoms with Crippen molar-refractivity contribution in [1.82, 2.24) is 14.0 Å². The number of carbonyl (C=O) groups excluding carboxylic acids is 2. The van der Waals surface area contributed by atoms with Crippen LogP contribution in [0.15, 0.2) is 47.3 Å². The average Bonchev–Trinajstić information content (AvgIpc) is 2.93. The molecule has 0 fully saturated rings. The van der Waals surface area contributed by atoms with Gasteiger partial charge in [0.15, 0.2) is 0 Å². The van der Waals surface area contributed by atoms with Crippen LogP contribution in [0, 0.1) is 0 Å². The summed E-state index contributed by atoms with van der Waals surface area (Å²) in [5.41, 5.74) is 1.98. The topological polar surface area (TPSA) is 76.3 Å². The van der Waals surface area contributed by atoms with Gasteiger partial charge in [0.25, 0.3) is 5.91 Å². The van der Waals surface area contributed by atoms with Crippen molar-refractivity contribution in [1.29, 1.82) is 0 Å². The van der Waals surface area contributed by atoms with Crippen LogP contribution in [0.5, 0.6) is 0 Å². The first-order valence-corrected chi connectivity index (χ1v) is 9.20. The molecule has 0 aliphatic rings. The van der Waals surface area contributed by atoms with Gasteiger partial charge in [0.05, 0.1) is 21.6 Å². The lowest BCUT2D eigenvalue weighted by Gasteiger charge is -2.13. The van der Waals surface area contributed by atoms with E-state index in [1.807, 2.05) is 31.2 Å². The van der Waals surface area contributed by atoms with Gasteiger partial charge in [-0.1, -0.05) is 23.7 Å². The third kappa shape index (κ3) is 3.66. The van der Waals surface area contributed by atoms with E-state index in [1.165, 1.54) is 15.5 Å². The first-order valence-electron chi connectivity index (χ1n) is 8.82. The van der Waals surface area contributed by atoms with Gasteiger partial charge in [0, 0.05) is 26.3 Å². The van der Waals surface area contributed by atoms with E-state index in [0.717, 1.165) is 5.52 Å². The fraction of sp³-hybridized carbons (Fsp3) is 0.250. The number of imidazole rings is 1. The van der Waals surface area contributed by atoms with E-state index in [0.29, 0.717) is 28.3 Å². The van der Waals surface area contributed by atoms with Crippen molar-refractivity contribution in [3.63, 3.8) is 0 Å². The maximum atomic E-state index is 12.6. The molecule has 0 radical (unpaired) electrons. The van der Waals surface area contributed by atoms with Crippen LogP contribution in [0.3, 0.4) is 0 Å². The summed E-state index contributed by atoms with van der Waals surface area (Å²) in [7, 11) is 3.25. The SMILES string of the molecule is CCn1c(=O)n(CC(=O)Nc2ccc(Cl)c(C(=O)N(C)C)c2)c2ccccc21. The highest BCUT2D eigenvalue weighted by molar-refractivity contribution is 6.34. The zero-order valence-corrected chi connectivity index (χ0v) is 16.7. The average molecular weight is 401 g/mol. The summed E-state index contributed by atoms with van der Waals surface area (Å²) in [6, 6.07) is 12.1. The quantitative estimate of drug-likeness (QED) is 0.715. The number of amides is 2. The number of hydrogen-bond acceptors (Lipinski definition) is 3. The Morgan fingerprint density at radius 3 is 2.32 bits per heavy atom. The maximum absolute atomic E-state index is 12.6. The van der Waals surface area contributed by atoms with Gasteiger partial charge in [-0.15, -0.1) is 0 Å². The van der Waals surface area contributed by atoms with Crippen molar-refractivity contribution in [3.8, 4) is 0 Å². The molecule has 3 aromatic rings. The minimum Gasteiger partial charge on any atom is -0.345 e. The van der Waals surface area contributed by atoms with E-state index >= 15 is 0 Å². The summed E-state index contributed by atoms with van der Waals surface area (Å²) in [6.07, 6.45) is 0. The second kappa shape index (κ2) is 7.90. The summed E-state index contributed by atoms with van der Waals surface area (Å²) >= 11 is 6.10. The van der Waals surface area contributed by atoms with Crippen molar-refractivity contribution in [2.24, 2.45) is 0 Å². The Bertz CT molecular complexity index is 1110. The molecule has 146 valence electrons. The maximum Gasteiger partial charge on any atom is 0.329 e. The molecule has 3 rings (SSSR count). The minimum absolute atomic E-state index is 0.133. The first-order chi connectivity index (χ1) is 13.3. The molecule has 0 aliphatic heterocycles. The van der Waals surface area contributed by atoms with Crippen LogP contribution in [0.25, 0.3) is 11.0 Å². The number of para-hydroxylation sites is 2. The standard InChI is InChI=1S/C20H21ClN4O3/c1-4-24-16-7-5-6-8-17(16)25(20(24)28)12-18(26)22-13-9-10-15(21)14(11-13)19(27)23(2)3/h5-11H,4,12H2,1-3H3,(H,22,26). The van der Waals surface area contributed by atoms with Crippen LogP contribution in [0.4, 0.5) is 5.69 Å². The number of anilines is 1. The largest absolute Gasteiger partial charge is 0.345 e. The summed E-state index contributed by atoms with van der Waals surface area (Å²) in [4.78, 5) is 38.8. The highest BCUT2D eigenvalue weighted by Gasteiger charge is 2.16. The normalized spacial score (nSPS) is 10.9. The van der Waals surface area contributed by atoms with Crippen molar-refractivity contribution in [2.75, 3.05) is 19.4 Å². The number of aromatic nitrogens is 2. The summed E-state index contributed by atoms with van der Waals surface area (Å²) in [5.74, 6) is -0.630. The van der Waals surface area contributed by atoms with Gasteiger partial charge in [-0.3, -0.25) is 18.7 Å². The second-order valence-electron chi connectivity index (χ2n) is 6.54. The van der Waals surface area contributed by atoms with Gasteiger partial charge in [0.1, 0.15) is 6.54 Å². The van der Waals surface area contributed by atoms with E-state index in [4.69, 9.17) is 11.6 Å². The lowest BCUT2D eigenvalue weighted by Crippen LogP contribution is -2.29. The minimum atomic E-state index is -0.369. The molecular weight excluding hydrogens is 380 g/mol. The molecule has 28 heavy (non-hydrogen) atoms. The predicted molar refractivity (Wildman–Crippen MR) is 110 cm³/mol. The molecule has 0 saturated heterocycles. The predicted octanol–water partition coefficient (Wildman–Crippen LogP) is 2.82. The zero-order chi connectivity index (χ0) is 20.4. The molecule has 0 saturated carbocycles. The number of carbonyl (C=O) groups is 2. The Morgan fingerprint density at radius 2 is 1.71 bits per heavy atom. The van der Waals surface area contributed by atoms with Crippen molar-refractivity contribution in [3.05, 3.63) is 63.5 Å². The fourth-order valence-corrected chi connectivity index (χ4v) is 3.28. The molecule has 1 aromatic heterocycles. The Labute approximate surface area is 167 Å². The lowest BCUT2D eigenvalue weighted by molar-refractivity contribution is -0.116. The van der Waals surface area contributed by atoms with E-state index in [1.54, 1.807) is 30.8 Å². The van der Waals surface area contributed by atoms with Crippen LogP contribution in [0.2, 0.25) is 5.02 Å². The number of nitrogens with zero attached hydrogens (tertiary/aromatic N) is 3. The summed E-state index contributed by atoms with van der Waals surface area (Å²) in [6.45, 7) is 2.27. The first kappa shape index (κ1) is 19.7. The van der Waals surface area contributed by atoms with Crippen LogP contribution in [-0.2, 0) is 17.9 Å². The Morgan fingerprint density at radius 1 is 1.07 bits per heavy atom. The van der Waals surface area contributed by atoms with Crippen LogP contribution in [0.1, 0.15) is 17.3 Å². The number of nitrogens with one attached hydrogen (secondary N) is 1.